The minimum absolute atomic E-state index is 0.0957. The molecule has 0 fully saturated rings. The van der Waals surface area contributed by atoms with Crippen LogP contribution in [0.5, 0.6) is 0 Å². The Morgan fingerprint density at radius 1 is 0.860 bits per heavy atom. The third-order valence-corrected chi connectivity index (χ3v) is 7.45. The van der Waals surface area contributed by atoms with Gasteiger partial charge in [-0.2, -0.15) is 0 Å². The van der Waals surface area contributed by atoms with Gasteiger partial charge >= 0.3 is 0 Å². The van der Waals surface area contributed by atoms with Crippen LogP contribution in [0.2, 0.25) is 0 Å². The second-order valence-electron chi connectivity index (χ2n) is 11.0. The fourth-order valence-corrected chi connectivity index (χ4v) is 5.07. The second-order valence-corrected chi connectivity index (χ2v) is 11.0. The summed E-state index contributed by atoms with van der Waals surface area (Å²) in [5.74, 6) is -0.0957. The Morgan fingerprint density at radius 3 is 2.16 bits per heavy atom. The van der Waals surface area contributed by atoms with E-state index >= 15 is 0 Å². The molecule has 1 aliphatic carbocycles. The van der Waals surface area contributed by atoms with Gasteiger partial charge in [-0.15, -0.1) is 0 Å². The van der Waals surface area contributed by atoms with Gasteiger partial charge in [0, 0.05) is 56.1 Å². The van der Waals surface area contributed by atoms with Gasteiger partial charge in [-0.1, -0.05) is 0 Å². The van der Waals surface area contributed by atoms with E-state index in [0.717, 1.165) is 74.9 Å². The quantitative estimate of drug-likeness (QED) is 0.133. The molecule has 2 aliphatic rings. The van der Waals surface area contributed by atoms with E-state index in [9.17, 15) is 4.79 Å². The molecule has 4 N–H and O–H groups in total. The number of likely N-dealkylation sites (N-methyl/N-ethyl adjacent to an activating group) is 1. The Morgan fingerprint density at radius 2 is 1.53 bits per heavy atom. The van der Waals surface area contributed by atoms with Gasteiger partial charge in [-0.05, 0) is 54.6 Å². The highest BCUT2D eigenvalue weighted by Crippen LogP contribution is 2.22. The largest absolute Gasteiger partial charge is 0.386 e. The minimum atomic E-state index is -0.0957. The van der Waals surface area contributed by atoms with Crippen LogP contribution in [-0.4, -0.2) is 78.7 Å². The van der Waals surface area contributed by atoms with E-state index in [4.69, 9.17) is 4.99 Å². The number of aryl methyl sites for hydroxylation is 2. The lowest BCUT2D eigenvalue weighted by molar-refractivity contribution is -0.671. The van der Waals surface area contributed by atoms with Gasteiger partial charge < -0.3 is 21.3 Å². The summed E-state index contributed by atoms with van der Waals surface area (Å²) in [4.78, 5) is 20.1. The van der Waals surface area contributed by atoms with E-state index in [2.05, 4.69) is 61.2 Å². The maximum atomic E-state index is 12.9. The summed E-state index contributed by atoms with van der Waals surface area (Å²) in [6.07, 6.45) is 13.9. The van der Waals surface area contributed by atoms with Gasteiger partial charge in [-0.25, -0.2) is 14.1 Å². The van der Waals surface area contributed by atoms with E-state index in [1.807, 2.05) is 66.3 Å². The number of carbonyl (C=O) groups is 1. The molecule has 0 atom stereocenters. The molecule has 43 heavy (non-hydrogen) atoms. The second kappa shape index (κ2) is 14.4. The monoisotopic (exact) mass is 581 g/mol. The number of aliphatic imine (C=N–C) groups is 1. The molecule has 2 aromatic carbocycles. The number of allylic oxidation sites excluding steroid dienone is 2. The molecule has 0 radical (unpaired) electrons. The maximum Gasteiger partial charge on any atom is 0.243 e. The number of anilines is 3. The fraction of sp³-hybridized carbons (Fsp3) is 0.333. The zero-order chi connectivity index (χ0) is 30.0. The molecule has 2 heterocycles. The van der Waals surface area contributed by atoms with E-state index in [0.29, 0.717) is 17.1 Å². The molecule has 1 aromatic heterocycles. The normalized spacial score (nSPS) is 15.7. The Hall–Kier alpha value is -4.86. The van der Waals surface area contributed by atoms with Crippen LogP contribution in [0, 0.1) is 0 Å². The predicted molar refractivity (Wildman–Crippen MR) is 174 cm³/mol. The van der Waals surface area contributed by atoms with Gasteiger partial charge in [0.1, 0.15) is 25.5 Å². The lowest BCUT2D eigenvalue weighted by Gasteiger charge is -2.17. The molecular weight excluding hydrogens is 538 g/mol. The van der Waals surface area contributed by atoms with Crippen molar-refractivity contribution in [2.24, 2.45) is 12.0 Å². The van der Waals surface area contributed by atoms with Crippen molar-refractivity contribution in [3.63, 3.8) is 0 Å². The first-order valence-electron chi connectivity index (χ1n) is 14.9. The molecule has 0 bridgehead atoms. The van der Waals surface area contributed by atoms with Gasteiger partial charge in [-0.3, -0.25) is 14.3 Å². The highest BCUT2D eigenvalue weighted by molar-refractivity contribution is 6.23. The Bertz CT molecular complexity index is 1510. The Labute approximate surface area is 254 Å². The lowest BCUT2D eigenvalue weighted by atomic mass is 10.0. The van der Waals surface area contributed by atoms with Crippen molar-refractivity contribution in [1.29, 1.82) is 0 Å². The first-order valence-corrected chi connectivity index (χ1v) is 14.9. The zero-order valence-corrected chi connectivity index (χ0v) is 25.4. The third kappa shape index (κ3) is 8.57. The van der Waals surface area contributed by atoms with Gasteiger partial charge in [0.05, 0.1) is 50.0 Å². The summed E-state index contributed by atoms with van der Waals surface area (Å²) < 4.78 is 6.45. The molecule has 0 saturated carbocycles. The number of imidazole rings is 1. The number of nitrogens with zero attached hydrogens (tertiary/aromatic N) is 5. The number of rotatable bonds is 14. The highest BCUT2D eigenvalue weighted by atomic mass is 16.1. The average Bonchev–Trinajstić information content (AvgIpc) is 3.63. The predicted octanol–water partition coefficient (Wildman–Crippen LogP) is 3.36. The summed E-state index contributed by atoms with van der Waals surface area (Å²) >= 11 is 0. The van der Waals surface area contributed by atoms with Crippen LogP contribution < -0.4 is 25.8 Å². The summed E-state index contributed by atoms with van der Waals surface area (Å²) in [6, 6.07) is 16.1. The van der Waals surface area contributed by atoms with Crippen LogP contribution in [-0.2, 0) is 18.4 Å². The van der Waals surface area contributed by atoms with Crippen molar-refractivity contribution in [1.82, 2.24) is 14.8 Å². The van der Waals surface area contributed by atoms with Crippen LogP contribution in [0.15, 0.2) is 95.8 Å². The van der Waals surface area contributed by atoms with Crippen LogP contribution in [0.1, 0.15) is 12.8 Å². The topological polar surface area (TPSA) is 92.6 Å². The van der Waals surface area contributed by atoms with Crippen molar-refractivity contribution >= 4 is 40.6 Å². The summed E-state index contributed by atoms with van der Waals surface area (Å²) in [5.41, 5.74) is 5.65. The summed E-state index contributed by atoms with van der Waals surface area (Å²) in [7, 11) is 5.94. The number of carbonyl (C=O) groups excluding carboxylic acids is 1. The van der Waals surface area contributed by atoms with Gasteiger partial charge in [0.15, 0.2) is 0 Å². The first kappa shape index (κ1) is 29.6. The van der Waals surface area contributed by atoms with Gasteiger partial charge in [0.25, 0.3) is 0 Å². The Balaban J connectivity index is 1.14. The number of aromatic nitrogens is 2. The lowest BCUT2D eigenvalue weighted by Crippen LogP contribution is -2.24. The van der Waals surface area contributed by atoms with Crippen molar-refractivity contribution in [2.45, 2.75) is 19.4 Å². The van der Waals surface area contributed by atoms with Crippen molar-refractivity contribution < 1.29 is 13.9 Å². The molecule has 0 unspecified atom stereocenters. The smallest absolute Gasteiger partial charge is 0.243 e. The molecule has 5 rings (SSSR count). The van der Waals surface area contributed by atoms with Gasteiger partial charge in [0.2, 0.25) is 18.4 Å². The molecule has 1 aliphatic heterocycles. The third-order valence-electron chi connectivity index (χ3n) is 7.45. The molecule has 3 aromatic rings. The van der Waals surface area contributed by atoms with E-state index < -0.39 is 0 Å². The molecule has 0 amide bonds. The van der Waals surface area contributed by atoms with Crippen LogP contribution in [0.25, 0.3) is 0 Å². The average molecular weight is 582 g/mol. The first-order chi connectivity index (χ1) is 20.9. The summed E-state index contributed by atoms with van der Waals surface area (Å²) in [5, 5.41) is 13.3. The zero-order valence-electron chi connectivity index (χ0n) is 25.4. The number of nitrogens with one attached hydrogen (secondary N) is 4. The fourth-order valence-electron chi connectivity index (χ4n) is 5.07. The summed E-state index contributed by atoms with van der Waals surface area (Å²) in [6.45, 7) is 6.02. The molecular formula is C33H43N9O+2. The van der Waals surface area contributed by atoms with Crippen molar-refractivity contribution in [3.05, 3.63) is 90.8 Å². The van der Waals surface area contributed by atoms with Crippen LogP contribution in [0.4, 0.5) is 22.7 Å². The number of hydrogen-bond donors (Lipinski definition) is 4. The number of benzene rings is 2. The number of ketones is 1. The molecule has 0 spiro atoms. The van der Waals surface area contributed by atoms with E-state index in [1.165, 1.54) is 0 Å². The SMILES string of the molecule is CNC1=CC(=O)C(Nc2ccc(NCCCn3cc[n+](C)c3)cc2)=C/C1=N\c1ccc(NCCCN2C=[N+](C)CC2)cc1. The van der Waals surface area contributed by atoms with Crippen LogP contribution in [0.3, 0.4) is 0 Å². The molecule has 224 valence electrons. The number of hydrogen-bond acceptors (Lipinski definition) is 7. The molecule has 0 saturated heterocycles. The van der Waals surface area contributed by atoms with E-state index in [1.54, 1.807) is 19.2 Å². The molecule has 10 heteroatoms. The van der Waals surface area contributed by atoms with E-state index in [-0.39, 0.29) is 5.78 Å². The van der Waals surface area contributed by atoms with Crippen molar-refractivity contribution in [3.8, 4) is 0 Å². The standard InChI is InChI=1S/C33H42N9O/c1-34-30-23-33(43)32(38-29-12-8-27(9-13-29)36-15-5-17-42-21-19-40(3)25-42)22-31(30)37-28-10-6-26(7-11-28)35-14-4-16-41-20-18-39(2)24-41/h6-13,19,21-25H,4-5,14-18,20H2,1-3H3,(H3-,34,35,36,37,38,43)/q+1/p+1. The minimum Gasteiger partial charge on any atom is -0.386 e. The molecule has 10 nitrogen and oxygen atoms in total. The Kier molecular flexibility index (Phi) is 9.89. The van der Waals surface area contributed by atoms with Crippen molar-refractivity contribution in [2.75, 3.05) is 62.8 Å². The van der Waals surface area contributed by atoms with Crippen LogP contribution >= 0.6 is 0 Å². The highest BCUT2D eigenvalue weighted by Gasteiger charge is 2.19. The maximum absolute atomic E-state index is 12.9.